The number of anilines is 1. The first-order valence-corrected chi connectivity index (χ1v) is 15.0. The highest BCUT2D eigenvalue weighted by Crippen LogP contribution is 2.44. The molecule has 0 unspecified atom stereocenters. The lowest BCUT2D eigenvalue weighted by atomic mass is 9.87. The molecule has 236 valence electrons. The molecule has 6 nitrogen and oxygen atoms in total. The van der Waals surface area contributed by atoms with Crippen molar-refractivity contribution in [2.24, 2.45) is 4.99 Å². The van der Waals surface area contributed by atoms with Gasteiger partial charge in [-0.15, -0.1) is 0 Å². The normalized spacial score (nSPS) is 15.7. The van der Waals surface area contributed by atoms with Crippen molar-refractivity contribution in [2.45, 2.75) is 37.9 Å². The van der Waals surface area contributed by atoms with Crippen LogP contribution in [0.1, 0.15) is 48.4 Å². The van der Waals surface area contributed by atoms with E-state index >= 15 is 0 Å². The van der Waals surface area contributed by atoms with Gasteiger partial charge >= 0.3 is 6.18 Å². The number of hydrogen-bond donors (Lipinski definition) is 0. The Kier molecular flexibility index (Phi) is 9.25. The molecule has 1 aliphatic heterocycles. The summed E-state index contributed by atoms with van der Waals surface area (Å²) < 4.78 is 56.2. The van der Waals surface area contributed by atoms with E-state index in [2.05, 4.69) is 21.7 Å². The van der Waals surface area contributed by atoms with Gasteiger partial charge in [0.05, 0.1) is 17.7 Å². The summed E-state index contributed by atoms with van der Waals surface area (Å²) in [5, 5.41) is 0. The summed E-state index contributed by atoms with van der Waals surface area (Å²) in [6, 6.07) is 16.9. The molecule has 10 heteroatoms. The van der Waals surface area contributed by atoms with E-state index in [1.165, 1.54) is 4.90 Å². The first-order chi connectivity index (χ1) is 21.4. The highest BCUT2D eigenvalue weighted by molar-refractivity contribution is 6.08. The number of allylic oxidation sites excluding steroid dienone is 1. The number of alkyl halides is 3. The fraction of sp³-hybridized carbons (Fsp3) is 0.343. The van der Waals surface area contributed by atoms with E-state index in [0.29, 0.717) is 46.9 Å². The van der Waals surface area contributed by atoms with Crippen molar-refractivity contribution in [1.82, 2.24) is 14.8 Å². The zero-order valence-electron chi connectivity index (χ0n) is 25.9. The van der Waals surface area contributed by atoms with E-state index in [1.807, 2.05) is 19.2 Å². The second-order valence-corrected chi connectivity index (χ2v) is 11.8. The van der Waals surface area contributed by atoms with Crippen LogP contribution >= 0.6 is 0 Å². The Hall–Kier alpha value is -4.31. The molecule has 1 aromatic heterocycles. The number of pyridine rings is 1. The van der Waals surface area contributed by atoms with Crippen molar-refractivity contribution >= 4 is 34.5 Å². The number of carbonyl (C=O) groups is 1. The third kappa shape index (κ3) is 7.33. The van der Waals surface area contributed by atoms with Gasteiger partial charge in [-0.3, -0.25) is 9.69 Å². The molecular formula is C35H37F4N5O. The Morgan fingerprint density at radius 1 is 0.978 bits per heavy atom. The smallest absolute Gasteiger partial charge is 0.358 e. The van der Waals surface area contributed by atoms with Crippen molar-refractivity contribution in [3.05, 3.63) is 101 Å². The van der Waals surface area contributed by atoms with Gasteiger partial charge in [-0.2, -0.15) is 17.6 Å². The number of likely N-dealkylation sites (N-methyl/N-ethyl adjacent to an activating group) is 3. The molecule has 0 bridgehead atoms. The van der Waals surface area contributed by atoms with Crippen molar-refractivity contribution in [1.29, 1.82) is 0 Å². The summed E-state index contributed by atoms with van der Waals surface area (Å²) in [5.41, 5.74) is 2.52. The first kappa shape index (κ1) is 32.1. The second-order valence-electron chi connectivity index (χ2n) is 11.8. The first-order valence-electron chi connectivity index (χ1n) is 15.0. The lowest BCUT2D eigenvalue weighted by Gasteiger charge is -2.34. The summed E-state index contributed by atoms with van der Waals surface area (Å²) in [5.74, 6) is -0.00144. The van der Waals surface area contributed by atoms with Crippen LogP contribution in [0.25, 0.3) is 11.1 Å². The summed E-state index contributed by atoms with van der Waals surface area (Å²) in [7, 11) is 5.39. The average molecular weight is 620 g/mol. The van der Waals surface area contributed by atoms with Gasteiger partial charge in [-0.25, -0.2) is 9.98 Å². The van der Waals surface area contributed by atoms with Crippen LogP contribution in [0.4, 0.5) is 29.1 Å². The summed E-state index contributed by atoms with van der Waals surface area (Å²) in [4.78, 5) is 26.4. The van der Waals surface area contributed by atoms with Crippen LogP contribution in [-0.4, -0.2) is 79.1 Å². The maximum atomic E-state index is 14.2. The van der Waals surface area contributed by atoms with Gasteiger partial charge in [-0.1, -0.05) is 49.4 Å². The van der Waals surface area contributed by atoms with E-state index in [0.717, 1.165) is 19.4 Å². The van der Waals surface area contributed by atoms with Crippen molar-refractivity contribution in [3.63, 3.8) is 0 Å². The largest absolute Gasteiger partial charge is 0.393 e. The molecule has 0 radical (unpaired) electrons. The summed E-state index contributed by atoms with van der Waals surface area (Å²) >= 11 is 0. The fourth-order valence-electron chi connectivity index (χ4n) is 5.85. The molecule has 5 rings (SSSR count). The SMILES string of the molecule is CCN(C/C=C/C(=O)N(C)C)C1(CN(C)c2ccc(/C(=C(/CC(F)(F)F)c3ccccc3)c3ccc4c(c3)C(F)=N4)cn2)CC1. The van der Waals surface area contributed by atoms with E-state index < -0.39 is 18.6 Å². The molecule has 45 heavy (non-hydrogen) atoms. The number of hydrogen-bond acceptors (Lipinski definition) is 5. The van der Waals surface area contributed by atoms with E-state index in [9.17, 15) is 22.4 Å². The molecule has 2 heterocycles. The third-order valence-electron chi connectivity index (χ3n) is 8.39. The van der Waals surface area contributed by atoms with Crippen LogP contribution in [0.2, 0.25) is 0 Å². The monoisotopic (exact) mass is 619 g/mol. The minimum absolute atomic E-state index is 0.0505. The number of nitrogens with zero attached hydrogens (tertiary/aromatic N) is 5. The fourth-order valence-corrected chi connectivity index (χ4v) is 5.85. The average Bonchev–Trinajstić information content (AvgIpc) is 3.79. The van der Waals surface area contributed by atoms with Crippen LogP contribution in [0.15, 0.2) is 84.0 Å². The minimum atomic E-state index is -4.48. The molecule has 1 saturated carbocycles. The molecule has 1 amide bonds. The lowest BCUT2D eigenvalue weighted by molar-refractivity contribution is -0.124. The quantitative estimate of drug-likeness (QED) is 0.121. The third-order valence-corrected chi connectivity index (χ3v) is 8.39. The number of fused-ring (bicyclic) bond motifs is 1. The zero-order valence-corrected chi connectivity index (χ0v) is 25.9. The van der Waals surface area contributed by atoms with Crippen LogP contribution in [0.5, 0.6) is 0 Å². The number of aliphatic imine (C=N–C) groups is 1. The Labute approximate surface area is 261 Å². The molecule has 2 aliphatic rings. The maximum Gasteiger partial charge on any atom is 0.393 e. The molecular weight excluding hydrogens is 582 g/mol. The van der Waals surface area contributed by atoms with E-state index in [1.54, 1.807) is 81.0 Å². The Bertz CT molecular complexity index is 1620. The summed E-state index contributed by atoms with van der Waals surface area (Å²) in [6.07, 6.45) is 1.48. The lowest BCUT2D eigenvalue weighted by Crippen LogP contribution is -2.45. The number of amides is 1. The molecule has 0 spiro atoms. The highest BCUT2D eigenvalue weighted by Gasteiger charge is 2.47. The van der Waals surface area contributed by atoms with Crippen molar-refractivity contribution in [2.75, 3.05) is 45.7 Å². The zero-order chi connectivity index (χ0) is 32.4. The van der Waals surface area contributed by atoms with Gasteiger partial charge < -0.3 is 9.80 Å². The second kappa shape index (κ2) is 13.0. The van der Waals surface area contributed by atoms with Crippen molar-refractivity contribution < 1.29 is 22.4 Å². The Balaban J connectivity index is 1.46. The van der Waals surface area contributed by atoms with Gasteiger partial charge in [0.2, 0.25) is 11.9 Å². The highest BCUT2D eigenvalue weighted by atomic mass is 19.4. The number of benzene rings is 2. The van der Waals surface area contributed by atoms with Gasteiger partial charge in [0.1, 0.15) is 5.82 Å². The summed E-state index contributed by atoms with van der Waals surface area (Å²) in [6.45, 7) is 4.28. The Morgan fingerprint density at radius 3 is 2.27 bits per heavy atom. The standard InChI is InChI=1S/C35H37F4N5O/c1-5-44(19-9-12-31(45)42(2)3)34(17-18-34)23-43(4)30-16-14-26(22-40-30)32(25-13-15-29-27(20-25)33(36)41-29)28(21-35(37,38)39)24-10-7-6-8-11-24/h6-16,20,22H,5,17-19,21,23H2,1-4H3/b12-9+,32-28-. The molecule has 1 fully saturated rings. The number of rotatable bonds is 12. The number of aromatic nitrogens is 1. The number of halogens is 4. The van der Waals surface area contributed by atoms with Gasteiger partial charge in [0, 0.05) is 57.6 Å². The molecule has 0 atom stereocenters. The molecule has 3 aromatic rings. The molecule has 0 saturated heterocycles. The topological polar surface area (TPSA) is 52.0 Å². The van der Waals surface area contributed by atoms with Crippen LogP contribution in [-0.2, 0) is 4.79 Å². The van der Waals surface area contributed by atoms with Gasteiger partial charge in [-0.05, 0) is 65.9 Å². The predicted molar refractivity (Wildman–Crippen MR) is 171 cm³/mol. The van der Waals surface area contributed by atoms with E-state index in [4.69, 9.17) is 4.98 Å². The van der Waals surface area contributed by atoms with E-state index in [-0.39, 0.29) is 22.6 Å². The Morgan fingerprint density at radius 2 is 1.69 bits per heavy atom. The molecule has 1 aliphatic carbocycles. The maximum absolute atomic E-state index is 14.2. The van der Waals surface area contributed by atoms with Crippen molar-refractivity contribution in [3.8, 4) is 0 Å². The predicted octanol–water partition coefficient (Wildman–Crippen LogP) is 7.29. The minimum Gasteiger partial charge on any atom is -0.358 e. The number of carbonyl (C=O) groups excluding carboxylic acids is 1. The molecule has 0 N–H and O–H groups in total. The molecule has 2 aromatic carbocycles. The van der Waals surface area contributed by atoms with Crippen LogP contribution in [0.3, 0.4) is 0 Å². The van der Waals surface area contributed by atoms with Gasteiger partial charge in [0.15, 0.2) is 0 Å². The van der Waals surface area contributed by atoms with Gasteiger partial charge in [0.25, 0.3) is 0 Å². The van der Waals surface area contributed by atoms with Crippen LogP contribution < -0.4 is 4.90 Å². The van der Waals surface area contributed by atoms with Crippen LogP contribution in [0, 0.1) is 0 Å².